The molecule has 29 heavy (non-hydrogen) atoms. The molecule has 154 valence electrons. The minimum absolute atomic E-state index is 0.268. The van der Waals surface area contributed by atoms with E-state index in [0.717, 1.165) is 0 Å². The number of amides is 2. The molecular formula is C19H19Cl2N3O5. The van der Waals surface area contributed by atoms with Crippen molar-refractivity contribution in [2.45, 2.75) is 13.0 Å². The van der Waals surface area contributed by atoms with Gasteiger partial charge in [-0.3, -0.25) is 9.59 Å². The molecule has 2 amide bonds. The first-order valence-electron chi connectivity index (χ1n) is 8.34. The minimum Gasteiger partial charge on any atom is -0.493 e. The number of hydrogen-bond donors (Lipinski definition) is 2. The molecule has 0 saturated carbocycles. The summed E-state index contributed by atoms with van der Waals surface area (Å²) in [4.78, 5) is 23.0. The highest BCUT2D eigenvalue weighted by Gasteiger charge is 2.15. The number of nitrogens with zero attached hydrogens (tertiary/aromatic N) is 1. The van der Waals surface area contributed by atoms with Gasteiger partial charge in [-0.15, -0.1) is 0 Å². The number of ether oxygens (including phenoxy) is 3. The lowest BCUT2D eigenvalue weighted by Crippen LogP contribution is -2.33. The molecule has 1 unspecified atom stereocenters. The molecule has 0 heterocycles. The van der Waals surface area contributed by atoms with Crippen LogP contribution in [0.3, 0.4) is 0 Å². The van der Waals surface area contributed by atoms with Crippen LogP contribution >= 0.6 is 23.2 Å². The Hall–Kier alpha value is -2.97. The fraction of sp³-hybridized carbons (Fsp3) is 0.211. The third-order valence-electron chi connectivity index (χ3n) is 3.51. The number of halogens is 2. The number of hydrogen-bond acceptors (Lipinski definition) is 6. The number of carbonyl (C=O) groups excluding carboxylic acids is 2. The topological polar surface area (TPSA) is 112 Å². The number of hydrazone groups is 1. The Morgan fingerprint density at radius 1 is 1.17 bits per heavy atom. The van der Waals surface area contributed by atoms with Crippen molar-refractivity contribution in [2.75, 3.05) is 13.7 Å². The predicted octanol–water partition coefficient (Wildman–Crippen LogP) is 2.78. The number of carbonyl (C=O) groups is 2. The monoisotopic (exact) mass is 439 g/mol. The quantitative estimate of drug-likeness (QED) is 0.460. The van der Waals surface area contributed by atoms with Crippen molar-refractivity contribution in [3.05, 3.63) is 52.0 Å². The van der Waals surface area contributed by atoms with Crippen LogP contribution in [0.4, 0.5) is 0 Å². The molecule has 0 bridgehead atoms. The second-order valence-corrected chi connectivity index (χ2v) is 6.58. The van der Waals surface area contributed by atoms with E-state index in [-0.39, 0.29) is 6.61 Å². The first kappa shape index (κ1) is 22.3. The van der Waals surface area contributed by atoms with Gasteiger partial charge in [-0.25, -0.2) is 5.43 Å². The van der Waals surface area contributed by atoms with Crippen LogP contribution in [-0.4, -0.2) is 37.8 Å². The summed E-state index contributed by atoms with van der Waals surface area (Å²) < 4.78 is 16.0. The molecule has 0 saturated heterocycles. The first-order chi connectivity index (χ1) is 13.8. The van der Waals surface area contributed by atoms with Gasteiger partial charge < -0.3 is 19.9 Å². The third kappa shape index (κ3) is 6.85. The molecule has 0 fully saturated rings. The number of rotatable bonds is 9. The molecule has 1 atom stereocenters. The fourth-order valence-electron chi connectivity index (χ4n) is 2.11. The number of nitrogens with one attached hydrogen (secondary N) is 1. The van der Waals surface area contributed by atoms with Crippen LogP contribution in [0.2, 0.25) is 10.0 Å². The van der Waals surface area contributed by atoms with Crippen LogP contribution < -0.4 is 25.4 Å². The second kappa shape index (κ2) is 10.5. The predicted molar refractivity (Wildman–Crippen MR) is 110 cm³/mol. The Bertz CT molecular complexity index is 921. The Kier molecular flexibility index (Phi) is 8.11. The summed E-state index contributed by atoms with van der Waals surface area (Å²) in [6.07, 6.45) is 0.574. The molecule has 8 nitrogen and oxygen atoms in total. The summed E-state index contributed by atoms with van der Waals surface area (Å²) in [7, 11) is 1.45. The maximum Gasteiger partial charge on any atom is 0.280 e. The standard InChI is InChI=1S/C19H19Cl2N3O5/c1-11(29-15-6-4-13(20)8-14(15)21)19(26)24-23-9-12-3-5-16(17(7-12)27-2)28-10-18(22)25/h3-9,11H,10H2,1-2H3,(H2,22,25)(H,24,26). The largest absolute Gasteiger partial charge is 0.493 e. The van der Waals surface area contributed by atoms with Gasteiger partial charge in [-0.1, -0.05) is 23.2 Å². The van der Waals surface area contributed by atoms with Crippen LogP contribution in [0.25, 0.3) is 0 Å². The average molecular weight is 440 g/mol. The van der Waals surface area contributed by atoms with Gasteiger partial charge in [0.05, 0.1) is 18.3 Å². The SMILES string of the molecule is COc1cc(C=NNC(=O)C(C)Oc2ccc(Cl)cc2Cl)ccc1OCC(N)=O. The normalized spacial score (nSPS) is 11.7. The van der Waals surface area contributed by atoms with Crippen molar-refractivity contribution in [2.24, 2.45) is 10.8 Å². The highest BCUT2D eigenvalue weighted by molar-refractivity contribution is 6.35. The molecule has 0 radical (unpaired) electrons. The fourth-order valence-corrected chi connectivity index (χ4v) is 2.56. The van der Waals surface area contributed by atoms with Gasteiger partial charge >= 0.3 is 0 Å². The Morgan fingerprint density at radius 3 is 2.55 bits per heavy atom. The second-order valence-electron chi connectivity index (χ2n) is 5.73. The maximum absolute atomic E-state index is 12.1. The van der Waals surface area contributed by atoms with E-state index >= 15 is 0 Å². The molecule has 0 aromatic heterocycles. The van der Waals surface area contributed by atoms with E-state index in [1.165, 1.54) is 19.4 Å². The molecule has 0 spiro atoms. The average Bonchev–Trinajstić information content (AvgIpc) is 2.68. The summed E-state index contributed by atoms with van der Waals surface area (Å²) in [6.45, 7) is 1.29. The lowest BCUT2D eigenvalue weighted by Gasteiger charge is -2.14. The van der Waals surface area contributed by atoms with E-state index < -0.39 is 17.9 Å². The molecular weight excluding hydrogens is 421 g/mol. The summed E-state index contributed by atoms with van der Waals surface area (Å²) in [5, 5.41) is 4.65. The molecule has 0 aliphatic rings. The van der Waals surface area contributed by atoms with Gasteiger partial charge in [0.1, 0.15) is 5.75 Å². The van der Waals surface area contributed by atoms with Crippen LogP contribution in [0.15, 0.2) is 41.5 Å². The van der Waals surface area contributed by atoms with Gasteiger partial charge in [0.2, 0.25) is 0 Å². The summed E-state index contributed by atoms with van der Waals surface area (Å²) in [5.41, 5.74) is 8.06. The number of methoxy groups -OCH3 is 1. The highest BCUT2D eigenvalue weighted by atomic mass is 35.5. The van der Waals surface area contributed by atoms with Crippen molar-refractivity contribution >= 4 is 41.2 Å². The Balaban J connectivity index is 1.95. The lowest BCUT2D eigenvalue weighted by molar-refractivity contribution is -0.127. The van der Waals surface area contributed by atoms with Crippen molar-refractivity contribution in [1.29, 1.82) is 0 Å². The molecule has 2 rings (SSSR count). The van der Waals surface area contributed by atoms with Crippen molar-refractivity contribution in [1.82, 2.24) is 5.43 Å². The number of benzene rings is 2. The van der Waals surface area contributed by atoms with Gasteiger partial charge in [-0.2, -0.15) is 5.10 Å². The third-order valence-corrected chi connectivity index (χ3v) is 4.04. The molecule has 2 aromatic carbocycles. The van der Waals surface area contributed by atoms with Gasteiger partial charge in [0, 0.05) is 5.02 Å². The van der Waals surface area contributed by atoms with Crippen molar-refractivity contribution in [3.63, 3.8) is 0 Å². The molecule has 0 aliphatic heterocycles. The zero-order valence-corrected chi connectivity index (χ0v) is 17.2. The minimum atomic E-state index is -0.843. The summed E-state index contributed by atoms with van der Waals surface area (Å²) >= 11 is 11.9. The van der Waals surface area contributed by atoms with E-state index in [2.05, 4.69) is 10.5 Å². The summed E-state index contributed by atoms with van der Waals surface area (Å²) in [6, 6.07) is 9.59. The van der Waals surface area contributed by atoms with E-state index in [1.54, 1.807) is 37.3 Å². The van der Waals surface area contributed by atoms with Gasteiger partial charge in [-0.05, 0) is 48.9 Å². The van der Waals surface area contributed by atoms with Crippen LogP contribution in [0, 0.1) is 0 Å². The van der Waals surface area contributed by atoms with E-state index in [4.69, 9.17) is 43.1 Å². The van der Waals surface area contributed by atoms with Gasteiger partial charge in [0.15, 0.2) is 24.2 Å². The van der Waals surface area contributed by atoms with Gasteiger partial charge in [0.25, 0.3) is 11.8 Å². The molecule has 0 aliphatic carbocycles. The molecule has 3 N–H and O–H groups in total. The lowest BCUT2D eigenvalue weighted by atomic mass is 10.2. The molecule has 2 aromatic rings. The molecule has 10 heteroatoms. The van der Waals surface area contributed by atoms with E-state index in [0.29, 0.717) is 32.9 Å². The number of nitrogens with two attached hydrogens (primary N) is 1. The van der Waals surface area contributed by atoms with E-state index in [9.17, 15) is 9.59 Å². The number of primary amides is 1. The van der Waals surface area contributed by atoms with Crippen LogP contribution in [0.5, 0.6) is 17.2 Å². The highest BCUT2D eigenvalue weighted by Crippen LogP contribution is 2.28. The Labute approximate surface area is 177 Å². The van der Waals surface area contributed by atoms with Crippen molar-refractivity contribution in [3.8, 4) is 17.2 Å². The van der Waals surface area contributed by atoms with Crippen molar-refractivity contribution < 1.29 is 23.8 Å². The zero-order valence-electron chi connectivity index (χ0n) is 15.6. The van der Waals surface area contributed by atoms with Crippen LogP contribution in [-0.2, 0) is 9.59 Å². The summed E-state index contributed by atoms with van der Waals surface area (Å²) in [5.74, 6) is 0.00113. The zero-order chi connectivity index (χ0) is 21.4. The maximum atomic E-state index is 12.1. The van der Waals surface area contributed by atoms with Crippen LogP contribution in [0.1, 0.15) is 12.5 Å². The first-order valence-corrected chi connectivity index (χ1v) is 9.09. The smallest absolute Gasteiger partial charge is 0.280 e. The van der Waals surface area contributed by atoms with E-state index in [1.807, 2.05) is 0 Å². The Morgan fingerprint density at radius 2 is 1.90 bits per heavy atom.